The highest BCUT2D eigenvalue weighted by Gasteiger charge is 2.45. The minimum absolute atomic E-state index is 0.0255. The lowest BCUT2D eigenvalue weighted by atomic mass is 9.85. The maximum Gasteiger partial charge on any atom is 0.315 e. The number of carboxylic acids is 1. The number of rotatable bonds is 5. The zero-order valence-electron chi connectivity index (χ0n) is 17.6. The Morgan fingerprint density at radius 1 is 0.964 bits per heavy atom. The van der Waals surface area contributed by atoms with Crippen LogP contribution in [0.4, 0.5) is 0 Å². The number of hydrogen-bond donors (Lipinski definition) is 2. The number of carbonyl (C=O) groups excluding carboxylic acids is 1. The molecule has 0 atom stereocenters. The second-order valence-corrected chi connectivity index (χ2v) is 10.4. The van der Waals surface area contributed by atoms with E-state index in [0.717, 1.165) is 5.33 Å². The third-order valence-electron chi connectivity index (χ3n) is 3.51. The van der Waals surface area contributed by atoms with Gasteiger partial charge in [-0.15, -0.1) is 0 Å². The quantitative estimate of drug-likeness (QED) is 0.412. The van der Waals surface area contributed by atoms with Crippen LogP contribution in [-0.4, -0.2) is 70.4 Å². The van der Waals surface area contributed by atoms with Crippen LogP contribution < -0.4 is 0 Å². The number of esters is 1. The van der Waals surface area contributed by atoms with Crippen LogP contribution in [0.2, 0.25) is 0 Å². The first-order valence-corrected chi connectivity index (χ1v) is 11.3. The van der Waals surface area contributed by atoms with E-state index in [1.54, 1.807) is 20.8 Å². The molecular formula is C19H34Br2O7. The average molecular weight is 534 g/mol. The summed E-state index contributed by atoms with van der Waals surface area (Å²) in [5.41, 5.74) is -1.54. The second kappa shape index (κ2) is 11.2. The minimum atomic E-state index is -0.773. The van der Waals surface area contributed by atoms with Gasteiger partial charge in [0.2, 0.25) is 0 Å². The highest BCUT2D eigenvalue weighted by Crippen LogP contribution is 2.34. The Hall–Kier alpha value is -0.220. The van der Waals surface area contributed by atoms with Gasteiger partial charge in [0.05, 0.1) is 38.4 Å². The van der Waals surface area contributed by atoms with Crippen molar-refractivity contribution >= 4 is 43.8 Å². The van der Waals surface area contributed by atoms with Gasteiger partial charge in [-0.05, 0) is 41.5 Å². The second-order valence-electron chi connectivity index (χ2n) is 9.27. The Kier molecular flexibility index (Phi) is 11.2. The van der Waals surface area contributed by atoms with Crippen molar-refractivity contribution in [3.05, 3.63) is 0 Å². The maximum absolute atomic E-state index is 11.5. The maximum atomic E-state index is 11.5. The van der Waals surface area contributed by atoms with Gasteiger partial charge in [0.1, 0.15) is 11.0 Å². The van der Waals surface area contributed by atoms with Crippen molar-refractivity contribution in [2.75, 3.05) is 37.1 Å². The summed E-state index contributed by atoms with van der Waals surface area (Å²) in [5, 5.41) is 18.4. The van der Waals surface area contributed by atoms with Crippen molar-refractivity contribution in [1.82, 2.24) is 0 Å². The van der Waals surface area contributed by atoms with Gasteiger partial charge in [-0.1, -0.05) is 31.9 Å². The number of alkyl halides is 2. The highest BCUT2D eigenvalue weighted by molar-refractivity contribution is 9.09. The SMILES string of the molecule is CC(C)(C)O.CC(C)(C)OC(=O)CC1(CBr)COC1.O=C(O)C1(CBr)COC1. The minimum Gasteiger partial charge on any atom is -0.481 e. The van der Waals surface area contributed by atoms with Crippen LogP contribution in [0.25, 0.3) is 0 Å². The molecule has 166 valence electrons. The van der Waals surface area contributed by atoms with E-state index in [0.29, 0.717) is 38.2 Å². The summed E-state index contributed by atoms with van der Waals surface area (Å²) in [6, 6.07) is 0. The molecule has 7 nitrogen and oxygen atoms in total. The molecule has 0 aromatic heterocycles. The highest BCUT2D eigenvalue weighted by atomic mass is 79.9. The van der Waals surface area contributed by atoms with Crippen molar-refractivity contribution in [3.63, 3.8) is 0 Å². The zero-order valence-corrected chi connectivity index (χ0v) is 20.8. The first kappa shape index (κ1) is 27.8. The first-order chi connectivity index (χ1) is 12.6. The molecule has 2 N–H and O–H groups in total. The summed E-state index contributed by atoms with van der Waals surface area (Å²) < 4.78 is 15.2. The van der Waals surface area contributed by atoms with E-state index in [-0.39, 0.29) is 11.4 Å². The molecule has 0 radical (unpaired) electrons. The number of carbonyl (C=O) groups is 2. The van der Waals surface area contributed by atoms with Gasteiger partial charge in [-0.25, -0.2) is 0 Å². The normalized spacial score (nSPS) is 19.5. The number of hydrogen-bond acceptors (Lipinski definition) is 6. The summed E-state index contributed by atoms with van der Waals surface area (Å²) in [4.78, 5) is 22.0. The van der Waals surface area contributed by atoms with Gasteiger partial charge >= 0.3 is 11.9 Å². The lowest BCUT2D eigenvalue weighted by Crippen LogP contribution is -2.50. The van der Waals surface area contributed by atoms with E-state index >= 15 is 0 Å². The monoisotopic (exact) mass is 532 g/mol. The van der Waals surface area contributed by atoms with Crippen LogP contribution >= 0.6 is 31.9 Å². The van der Waals surface area contributed by atoms with Gasteiger partial charge in [0, 0.05) is 16.1 Å². The number of aliphatic hydroxyl groups is 1. The number of ether oxygens (including phenoxy) is 3. The van der Waals surface area contributed by atoms with E-state index in [4.69, 9.17) is 24.4 Å². The van der Waals surface area contributed by atoms with Crippen LogP contribution in [0.1, 0.15) is 48.0 Å². The van der Waals surface area contributed by atoms with E-state index in [2.05, 4.69) is 31.9 Å². The van der Waals surface area contributed by atoms with Crippen LogP contribution in [0.5, 0.6) is 0 Å². The molecule has 0 saturated carbocycles. The summed E-state index contributed by atoms with van der Waals surface area (Å²) in [5.74, 6) is -0.911. The molecular weight excluding hydrogens is 500 g/mol. The third kappa shape index (κ3) is 11.1. The fourth-order valence-electron chi connectivity index (χ4n) is 1.91. The van der Waals surface area contributed by atoms with E-state index in [9.17, 15) is 9.59 Å². The fraction of sp³-hybridized carbons (Fsp3) is 0.895. The van der Waals surface area contributed by atoms with Gasteiger partial charge < -0.3 is 24.4 Å². The number of carboxylic acid groups (broad SMARTS) is 1. The zero-order chi connectivity index (χ0) is 22.2. The molecule has 0 bridgehead atoms. The number of halogens is 2. The lowest BCUT2D eigenvalue weighted by molar-refractivity contribution is -0.174. The van der Waals surface area contributed by atoms with Crippen molar-refractivity contribution in [2.24, 2.45) is 10.8 Å². The molecule has 2 fully saturated rings. The van der Waals surface area contributed by atoms with Crippen molar-refractivity contribution < 1.29 is 34.0 Å². The number of aliphatic carboxylic acids is 1. The molecule has 0 amide bonds. The van der Waals surface area contributed by atoms with Gasteiger partial charge in [-0.2, -0.15) is 0 Å². The molecule has 0 aliphatic carbocycles. The topological polar surface area (TPSA) is 102 Å². The molecule has 9 heteroatoms. The molecule has 2 heterocycles. The molecule has 0 aromatic carbocycles. The molecule has 2 saturated heterocycles. The van der Waals surface area contributed by atoms with Crippen LogP contribution in [-0.2, 0) is 23.8 Å². The molecule has 0 aromatic rings. The van der Waals surface area contributed by atoms with E-state index in [1.807, 2.05) is 20.8 Å². The summed E-state index contributed by atoms with van der Waals surface area (Å²) in [6.45, 7) is 12.8. The molecule has 2 aliphatic rings. The molecule has 2 aliphatic heterocycles. The van der Waals surface area contributed by atoms with Crippen molar-refractivity contribution in [1.29, 1.82) is 0 Å². The largest absolute Gasteiger partial charge is 0.481 e. The predicted molar refractivity (Wildman–Crippen MR) is 114 cm³/mol. The Balaban J connectivity index is 0.000000445. The standard InChI is InChI=1S/C10H17BrO3.C5H7BrO3.C4H10O/c1-9(2,3)14-8(12)4-10(5-11)6-13-7-10;6-1-5(4(7)8)2-9-3-5;1-4(2,3)5/h4-7H2,1-3H3;1-3H2,(H,7,8);5H,1-3H3. The Morgan fingerprint density at radius 3 is 1.54 bits per heavy atom. The van der Waals surface area contributed by atoms with Crippen LogP contribution in [0, 0.1) is 10.8 Å². The van der Waals surface area contributed by atoms with E-state index in [1.165, 1.54) is 0 Å². The van der Waals surface area contributed by atoms with E-state index < -0.39 is 22.6 Å². The molecule has 0 unspecified atom stereocenters. The van der Waals surface area contributed by atoms with Gasteiger partial charge in [0.15, 0.2) is 0 Å². The Morgan fingerprint density at radius 2 is 1.39 bits per heavy atom. The Labute approximate surface area is 184 Å². The first-order valence-electron chi connectivity index (χ1n) is 9.03. The fourth-order valence-corrected chi connectivity index (χ4v) is 2.99. The van der Waals surface area contributed by atoms with Gasteiger partial charge in [0.25, 0.3) is 0 Å². The predicted octanol–water partition coefficient (Wildman–Crippen LogP) is 3.39. The summed E-state index contributed by atoms with van der Waals surface area (Å²) >= 11 is 6.53. The lowest BCUT2D eigenvalue weighted by Gasteiger charge is -2.39. The average Bonchev–Trinajstić information content (AvgIpc) is 2.39. The third-order valence-corrected chi connectivity index (χ3v) is 5.77. The Bertz CT molecular complexity index is 484. The van der Waals surface area contributed by atoms with Crippen LogP contribution in [0.15, 0.2) is 0 Å². The molecule has 2 rings (SSSR count). The van der Waals surface area contributed by atoms with Crippen LogP contribution in [0.3, 0.4) is 0 Å². The van der Waals surface area contributed by atoms with Crippen molar-refractivity contribution in [3.8, 4) is 0 Å². The van der Waals surface area contributed by atoms with Gasteiger partial charge in [-0.3, -0.25) is 9.59 Å². The van der Waals surface area contributed by atoms with Crippen molar-refractivity contribution in [2.45, 2.75) is 59.2 Å². The smallest absolute Gasteiger partial charge is 0.315 e. The summed E-state index contributed by atoms with van der Waals surface area (Å²) in [7, 11) is 0. The molecule has 0 spiro atoms. The summed E-state index contributed by atoms with van der Waals surface area (Å²) in [6.07, 6.45) is 0.440. The molecule has 28 heavy (non-hydrogen) atoms.